The Kier molecular flexibility index (Phi) is 7.32. The fourth-order valence-corrected chi connectivity index (χ4v) is 5.09. The smallest absolute Gasteiger partial charge is 0.203 e. The highest BCUT2D eigenvalue weighted by Crippen LogP contribution is 2.43. The number of aromatic nitrogens is 1. The number of ether oxygens (including phenoxy) is 3. The first kappa shape index (κ1) is 24.0. The highest BCUT2D eigenvalue weighted by Gasteiger charge is 2.32. The Labute approximate surface area is 207 Å². The van der Waals surface area contributed by atoms with Crippen molar-refractivity contribution in [3.05, 3.63) is 71.0 Å². The molecule has 1 unspecified atom stereocenters. The van der Waals surface area contributed by atoms with Crippen LogP contribution < -0.4 is 19.5 Å². The number of methoxy groups -OCH3 is 3. The zero-order chi connectivity index (χ0) is 24.2. The molecule has 0 aliphatic carbocycles. The van der Waals surface area contributed by atoms with Crippen molar-refractivity contribution in [3.63, 3.8) is 0 Å². The minimum atomic E-state index is -0.101. The lowest BCUT2D eigenvalue weighted by Crippen LogP contribution is -2.44. The molecule has 0 bridgehead atoms. The van der Waals surface area contributed by atoms with Crippen molar-refractivity contribution in [2.24, 2.45) is 0 Å². The number of para-hydroxylation sites is 1. The van der Waals surface area contributed by atoms with E-state index < -0.39 is 0 Å². The van der Waals surface area contributed by atoms with Gasteiger partial charge in [-0.25, -0.2) is 0 Å². The van der Waals surface area contributed by atoms with E-state index in [2.05, 4.69) is 65.2 Å². The zero-order valence-electron chi connectivity index (χ0n) is 20.6. The fraction of sp³-hybridized carbons (Fsp3) is 0.370. The largest absolute Gasteiger partial charge is 0.493 e. The van der Waals surface area contributed by atoms with E-state index in [-0.39, 0.29) is 6.04 Å². The number of anilines is 1. The number of nitrogens with zero attached hydrogens (tertiary/aromatic N) is 2. The molecule has 1 aromatic heterocycles. The van der Waals surface area contributed by atoms with E-state index >= 15 is 0 Å². The van der Waals surface area contributed by atoms with Crippen LogP contribution in [0.5, 0.6) is 17.2 Å². The van der Waals surface area contributed by atoms with Crippen LogP contribution in [0.4, 0.5) is 5.69 Å². The van der Waals surface area contributed by atoms with Crippen LogP contribution in [0.2, 0.25) is 0 Å². The van der Waals surface area contributed by atoms with Crippen molar-refractivity contribution >= 4 is 23.0 Å². The summed E-state index contributed by atoms with van der Waals surface area (Å²) in [4.78, 5) is 2.26. The second kappa shape index (κ2) is 10.4. The standard InChI is InChI=1S/C27H33N3O3S/c1-6-18-10-8-11-19(7-2)24(18)28-27(34)30-15-14-29-13-9-12-21(29)25(30)20-16-22(31-3)26(33-5)23(17-20)32-4/h8-13,16-17,25H,6-7,14-15H2,1-5H3,(H,28,34). The van der Waals surface area contributed by atoms with Gasteiger partial charge in [0.2, 0.25) is 5.75 Å². The minimum absolute atomic E-state index is 0.101. The van der Waals surface area contributed by atoms with Crippen LogP contribution in [0.3, 0.4) is 0 Å². The molecule has 1 atom stereocenters. The number of hydrogen-bond acceptors (Lipinski definition) is 4. The van der Waals surface area contributed by atoms with E-state index in [1.54, 1.807) is 21.3 Å². The molecule has 6 nitrogen and oxygen atoms in total. The van der Waals surface area contributed by atoms with Crippen LogP contribution in [-0.4, -0.2) is 42.5 Å². The summed E-state index contributed by atoms with van der Waals surface area (Å²) in [6, 6.07) is 14.6. The second-order valence-electron chi connectivity index (χ2n) is 8.27. The predicted molar refractivity (Wildman–Crippen MR) is 140 cm³/mol. The van der Waals surface area contributed by atoms with Crippen LogP contribution in [-0.2, 0) is 19.4 Å². The number of rotatable bonds is 7. The summed E-state index contributed by atoms with van der Waals surface area (Å²) in [5.74, 6) is 1.84. The summed E-state index contributed by atoms with van der Waals surface area (Å²) in [5.41, 5.74) is 5.86. The highest BCUT2D eigenvalue weighted by molar-refractivity contribution is 7.80. The second-order valence-corrected chi connectivity index (χ2v) is 8.66. The molecule has 1 N–H and O–H groups in total. The predicted octanol–water partition coefficient (Wildman–Crippen LogP) is 5.44. The van der Waals surface area contributed by atoms with Gasteiger partial charge in [-0.2, -0.15) is 0 Å². The molecule has 1 aliphatic heterocycles. The lowest BCUT2D eigenvalue weighted by atomic mass is 9.99. The molecule has 2 heterocycles. The summed E-state index contributed by atoms with van der Waals surface area (Å²) in [5, 5.41) is 4.32. The highest BCUT2D eigenvalue weighted by atomic mass is 32.1. The maximum Gasteiger partial charge on any atom is 0.203 e. The van der Waals surface area contributed by atoms with Crippen molar-refractivity contribution in [3.8, 4) is 17.2 Å². The van der Waals surface area contributed by atoms with Gasteiger partial charge in [0.25, 0.3) is 0 Å². The summed E-state index contributed by atoms with van der Waals surface area (Å²) >= 11 is 6.04. The summed E-state index contributed by atoms with van der Waals surface area (Å²) in [6.07, 6.45) is 4.01. The maximum atomic E-state index is 6.04. The Morgan fingerprint density at radius 2 is 1.59 bits per heavy atom. The number of nitrogens with one attached hydrogen (secondary N) is 1. The zero-order valence-corrected chi connectivity index (χ0v) is 21.4. The first-order valence-corrected chi connectivity index (χ1v) is 12.1. The van der Waals surface area contributed by atoms with E-state index in [4.69, 9.17) is 26.4 Å². The Bertz CT molecular complexity index is 1130. The molecule has 3 aromatic rings. The molecule has 0 amide bonds. The first-order valence-electron chi connectivity index (χ1n) is 11.7. The number of hydrogen-bond donors (Lipinski definition) is 1. The number of aryl methyl sites for hydroxylation is 2. The first-order chi connectivity index (χ1) is 16.6. The third kappa shape index (κ3) is 4.32. The van der Waals surface area contributed by atoms with Crippen LogP contribution >= 0.6 is 12.2 Å². The van der Waals surface area contributed by atoms with E-state index in [9.17, 15) is 0 Å². The number of thiocarbonyl (C=S) groups is 1. The molecule has 0 saturated carbocycles. The van der Waals surface area contributed by atoms with Gasteiger partial charge < -0.3 is 29.0 Å². The minimum Gasteiger partial charge on any atom is -0.493 e. The molecule has 180 valence electrons. The van der Waals surface area contributed by atoms with Gasteiger partial charge in [-0.15, -0.1) is 0 Å². The summed E-state index contributed by atoms with van der Waals surface area (Å²) in [7, 11) is 4.90. The van der Waals surface area contributed by atoms with E-state index in [0.717, 1.165) is 37.2 Å². The van der Waals surface area contributed by atoms with Crippen LogP contribution in [0.25, 0.3) is 0 Å². The van der Waals surface area contributed by atoms with Crippen molar-refractivity contribution in [1.29, 1.82) is 0 Å². The lowest BCUT2D eigenvalue weighted by Gasteiger charge is -2.39. The summed E-state index contributed by atoms with van der Waals surface area (Å²) < 4.78 is 19.1. The molecule has 0 spiro atoms. The topological polar surface area (TPSA) is 47.9 Å². The molecule has 0 radical (unpaired) electrons. The third-order valence-corrected chi connectivity index (χ3v) is 6.87. The molecule has 1 aliphatic rings. The molecule has 0 fully saturated rings. The normalized spacial score (nSPS) is 15.0. The number of benzene rings is 2. The van der Waals surface area contributed by atoms with Gasteiger partial charge in [-0.3, -0.25) is 0 Å². The Balaban J connectivity index is 1.78. The molecule has 7 heteroatoms. The van der Waals surface area contributed by atoms with Crippen LogP contribution in [0, 0.1) is 0 Å². The van der Waals surface area contributed by atoms with E-state index in [1.807, 2.05) is 12.1 Å². The lowest BCUT2D eigenvalue weighted by molar-refractivity contribution is 0.288. The fourth-order valence-electron chi connectivity index (χ4n) is 4.79. The van der Waals surface area contributed by atoms with Gasteiger partial charge in [-0.1, -0.05) is 32.0 Å². The molecule has 4 rings (SSSR count). The Hall–Kier alpha value is -3.19. The molecule has 2 aromatic carbocycles. The van der Waals surface area contributed by atoms with Gasteiger partial charge in [0.1, 0.15) is 0 Å². The Morgan fingerprint density at radius 1 is 0.941 bits per heavy atom. The average molecular weight is 480 g/mol. The van der Waals surface area contributed by atoms with Crippen molar-refractivity contribution in [1.82, 2.24) is 9.47 Å². The van der Waals surface area contributed by atoms with Gasteiger partial charge in [0.05, 0.1) is 27.4 Å². The van der Waals surface area contributed by atoms with Gasteiger partial charge in [0.15, 0.2) is 16.6 Å². The van der Waals surface area contributed by atoms with E-state index in [1.165, 1.54) is 16.8 Å². The molecular weight excluding hydrogens is 446 g/mol. The van der Waals surface area contributed by atoms with Gasteiger partial charge in [0, 0.05) is 30.7 Å². The van der Waals surface area contributed by atoms with E-state index in [0.29, 0.717) is 22.4 Å². The van der Waals surface area contributed by atoms with Crippen molar-refractivity contribution in [2.75, 3.05) is 33.2 Å². The van der Waals surface area contributed by atoms with Gasteiger partial charge >= 0.3 is 0 Å². The summed E-state index contributed by atoms with van der Waals surface area (Å²) in [6.45, 7) is 6.00. The third-order valence-electron chi connectivity index (χ3n) is 6.53. The van der Waals surface area contributed by atoms with Gasteiger partial charge in [-0.05, 0) is 66.0 Å². The van der Waals surface area contributed by atoms with Crippen molar-refractivity contribution in [2.45, 2.75) is 39.3 Å². The molecule has 0 saturated heterocycles. The van der Waals surface area contributed by atoms with Crippen LogP contribution in [0.1, 0.15) is 42.3 Å². The van der Waals surface area contributed by atoms with Crippen molar-refractivity contribution < 1.29 is 14.2 Å². The monoisotopic (exact) mass is 479 g/mol. The molecule has 34 heavy (non-hydrogen) atoms. The average Bonchev–Trinajstić information content (AvgIpc) is 3.36. The maximum absolute atomic E-state index is 6.04. The quantitative estimate of drug-likeness (QED) is 0.456. The number of fused-ring (bicyclic) bond motifs is 1. The van der Waals surface area contributed by atoms with Crippen LogP contribution in [0.15, 0.2) is 48.7 Å². The SMILES string of the molecule is CCc1cccc(CC)c1NC(=S)N1CCn2cccc2C1c1cc(OC)c(OC)c(OC)c1. The molecular formula is C27H33N3O3S. The Morgan fingerprint density at radius 3 is 2.15 bits per heavy atom.